The predicted octanol–water partition coefficient (Wildman–Crippen LogP) is 2.79. The molecule has 2 fully saturated rings. The lowest BCUT2D eigenvalue weighted by Gasteiger charge is -2.35. The minimum atomic E-state index is -1.01. The van der Waals surface area contributed by atoms with Crippen molar-refractivity contribution >= 4 is 29.6 Å². The van der Waals surface area contributed by atoms with E-state index in [1.807, 2.05) is 45.0 Å². The van der Waals surface area contributed by atoms with Crippen LogP contribution in [0.4, 0.5) is 4.79 Å². The molecule has 1 saturated carbocycles. The lowest BCUT2D eigenvalue weighted by Crippen LogP contribution is -2.59. The first-order valence-electron chi connectivity index (χ1n) is 15.4. The summed E-state index contributed by atoms with van der Waals surface area (Å²) in [5.74, 6) is -2.35. The number of nitrogens with one attached hydrogen (secondary N) is 3. The summed E-state index contributed by atoms with van der Waals surface area (Å²) in [5.41, 5.74) is 2.11. The molecule has 1 aromatic rings. The average Bonchev–Trinajstić information content (AvgIpc) is 3.34. The van der Waals surface area contributed by atoms with Crippen molar-refractivity contribution in [2.24, 2.45) is 29.1 Å². The second-order valence-corrected chi connectivity index (χ2v) is 13.2. The molecule has 0 bridgehead atoms. The molecule has 4 rings (SSSR count). The Hall–Kier alpha value is -3.69. The van der Waals surface area contributed by atoms with Crippen molar-refractivity contribution in [3.8, 4) is 0 Å². The van der Waals surface area contributed by atoms with E-state index < -0.39 is 41.8 Å². The number of ether oxygens (including phenoxy) is 1. The van der Waals surface area contributed by atoms with E-state index in [-0.39, 0.29) is 54.6 Å². The van der Waals surface area contributed by atoms with Crippen LogP contribution in [0.15, 0.2) is 36.9 Å². The summed E-state index contributed by atoms with van der Waals surface area (Å²) in [6.07, 6.45) is 2.91. The van der Waals surface area contributed by atoms with Gasteiger partial charge in [-0.15, -0.1) is 6.58 Å². The average molecular weight is 595 g/mol. The quantitative estimate of drug-likeness (QED) is 0.238. The van der Waals surface area contributed by atoms with E-state index in [0.29, 0.717) is 25.8 Å². The van der Waals surface area contributed by atoms with Crippen LogP contribution in [0.2, 0.25) is 0 Å². The molecule has 1 heterocycles. The van der Waals surface area contributed by atoms with Crippen molar-refractivity contribution in [3.05, 3.63) is 48.0 Å². The van der Waals surface area contributed by atoms with E-state index in [9.17, 15) is 24.0 Å². The van der Waals surface area contributed by atoms with Crippen LogP contribution in [-0.2, 0) is 36.8 Å². The van der Waals surface area contributed by atoms with Crippen molar-refractivity contribution in [3.63, 3.8) is 0 Å². The number of Topliss-reactive ketones (excluding diaryl/α,β-unsaturated/α-hetero) is 1. The highest BCUT2D eigenvalue weighted by Crippen LogP contribution is 2.65. The third-order valence-electron chi connectivity index (χ3n) is 9.24. The molecule has 10 heteroatoms. The number of carbonyl (C=O) groups excluding carboxylic acids is 5. The van der Waals surface area contributed by atoms with Crippen LogP contribution in [0.1, 0.15) is 58.6 Å². The Bertz CT molecular complexity index is 1230. The van der Waals surface area contributed by atoms with E-state index in [2.05, 4.69) is 36.4 Å². The van der Waals surface area contributed by atoms with E-state index in [1.54, 1.807) is 4.90 Å². The van der Waals surface area contributed by atoms with E-state index in [0.717, 1.165) is 11.1 Å². The highest BCUT2D eigenvalue weighted by molar-refractivity contribution is 6.38. The Kier molecular flexibility index (Phi) is 9.97. The fourth-order valence-electron chi connectivity index (χ4n) is 6.84. The third-order valence-corrected chi connectivity index (χ3v) is 9.24. The third kappa shape index (κ3) is 6.94. The number of benzene rings is 1. The molecule has 1 aliphatic heterocycles. The Morgan fingerprint density at radius 1 is 1.09 bits per heavy atom. The van der Waals surface area contributed by atoms with Gasteiger partial charge in [0.2, 0.25) is 17.6 Å². The van der Waals surface area contributed by atoms with Gasteiger partial charge in [-0.25, -0.2) is 4.79 Å². The number of nitrogens with zero attached hydrogens (tertiary/aromatic N) is 1. The van der Waals surface area contributed by atoms with Gasteiger partial charge in [0, 0.05) is 13.1 Å². The summed E-state index contributed by atoms with van der Waals surface area (Å²) in [6, 6.07) is 5.28. The summed E-state index contributed by atoms with van der Waals surface area (Å²) < 4.78 is 5.40. The summed E-state index contributed by atoms with van der Waals surface area (Å²) in [6.45, 7) is 14.2. The minimum Gasteiger partial charge on any atom is -0.449 e. The van der Waals surface area contributed by atoms with Gasteiger partial charge in [-0.1, -0.05) is 71.4 Å². The van der Waals surface area contributed by atoms with Gasteiger partial charge in [-0.2, -0.15) is 0 Å². The lowest BCUT2D eigenvalue weighted by molar-refractivity contribution is -0.144. The SMILES string of the molecule is C=CCNC(=O)C(=O)C(CCC)NC(=O)[C@@H]1[C@@H]2[C@H](CN1C(=O)[C@@H](NC(=O)OCC(C)C)C1Cc3ccccc3C1)C2(C)C. The number of amides is 4. The first-order chi connectivity index (χ1) is 20.4. The number of hydrogen-bond donors (Lipinski definition) is 3. The second-order valence-electron chi connectivity index (χ2n) is 13.2. The zero-order chi connectivity index (χ0) is 31.5. The molecule has 3 aliphatic rings. The summed E-state index contributed by atoms with van der Waals surface area (Å²) in [7, 11) is 0. The van der Waals surface area contributed by atoms with Gasteiger partial charge in [0.05, 0.1) is 12.6 Å². The number of carbonyl (C=O) groups is 5. The first-order valence-corrected chi connectivity index (χ1v) is 15.4. The Morgan fingerprint density at radius 2 is 1.74 bits per heavy atom. The van der Waals surface area contributed by atoms with Crippen LogP contribution in [0.25, 0.3) is 0 Å². The molecule has 4 amide bonds. The molecular formula is C33H46N4O6. The van der Waals surface area contributed by atoms with Gasteiger partial charge in [0.25, 0.3) is 5.91 Å². The fourth-order valence-corrected chi connectivity index (χ4v) is 6.84. The maximum absolute atomic E-state index is 14.4. The molecule has 0 aromatic heterocycles. The molecule has 234 valence electrons. The molecule has 0 spiro atoms. The van der Waals surface area contributed by atoms with Crippen LogP contribution in [0.5, 0.6) is 0 Å². The van der Waals surface area contributed by atoms with Crippen molar-refractivity contribution in [2.75, 3.05) is 19.7 Å². The van der Waals surface area contributed by atoms with Crippen molar-refractivity contribution < 1.29 is 28.7 Å². The normalized spacial score (nSPS) is 23.0. The Balaban J connectivity index is 1.57. The standard InChI is InChI=1S/C33H46N4O6/c1-7-11-24(28(38)30(40)34-14-8-2)35-29(39)27-25-23(33(25,5)6)17-37(27)31(41)26(36-32(42)43-18-19(3)4)22-15-20-12-9-10-13-21(20)16-22/h8-10,12-13,19,22-27H,2,7,11,14-18H2,1,3-6H3,(H,34,40)(H,35,39)(H,36,42)/t23-,24?,25-,26-,27-/m0/s1. The maximum Gasteiger partial charge on any atom is 0.407 e. The summed E-state index contributed by atoms with van der Waals surface area (Å²) >= 11 is 0. The van der Waals surface area contributed by atoms with Crippen molar-refractivity contribution in [2.45, 2.75) is 78.4 Å². The maximum atomic E-state index is 14.4. The van der Waals surface area contributed by atoms with Crippen molar-refractivity contribution in [1.82, 2.24) is 20.9 Å². The van der Waals surface area contributed by atoms with E-state index in [4.69, 9.17) is 4.74 Å². The molecule has 1 aromatic carbocycles. The number of fused-ring (bicyclic) bond motifs is 2. The molecular weight excluding hydrogens is 548 g/mol. The molecule has 10 nitrogen and oxygen atoms in total. The van der Waals surface area contributed by atoms with Gasteiger partial charge >= 0.3 is 6.09 Å². The number of likely N-dealkylation sites (tertiary alicyclic amines) is 1. The number of piperidine rings is 1. The number of ketones is 1. The molecule has 5 atom stereocenters. The minimum absolute atomic E-state index is 0.0993. The zero-order valence-corrected chi connectivity index (χ0v) is 26.0. The molecule has 1 unspecified atom stereocenters. The van der Waals surface area contributed by atoms with Gasteiger partial charge in [0.1, 0.15) is 12.1 Å². The molecule has 43 heavy (non-hydrogen) atoms. The van der Waals surface area contributed by atoms with E-state index in [1.165, 1.54) is 6.08 Å². The fraction of sp³-hybridized carbons (Fsp3) is 0.606. The summed E-state index contributed by atoms with van der Waals surface area (Å²) in [4.78, 5) is 68.1. The van der Waals surface area contributed by atoms with Gasteiger partial charge in [0.15, 0.2) is 0 Å². The van der Waals surface area contributed by atoms with Gasteiger partial charge in [-0.05, 0) is 59.5 Å². The van der Waals surface area contributed by atoms with Crippen LogP contribution in [0.3, 0.4) is 0 Å². The molecule has 2 aliphatic carbocycles. The van der Waals surface area contributed by atoms with Gasteiger partial charge in [-0.3, -0.25) is 19.2 Å². The van der Waals surface area contributed by atoms with E-state index >= 15 is 0 Å². The monoisotopic (exact) mass is 594 g/mol. The highest BCUT2D eigenvalue weighted by Gasteiger charge is 2.69. The predicted molar refractivity (Wildman–Crippen MR) is 162 cm³/mol. The number of alkyl carbamates (subject to hydrolysis) is 1. The largest absolute Gasteiger partial charge is 0.449 e. The van der Waals surface area contributed by atoms with Crippen LogP contribution < -0.4 is 16.0 Å². The Morgan fingerprint density at radius 3 is 2.33 bits per heavy atom. The summed E-state index contributed by atoms with van der Waals surface area (Å²) in [5, 5.41) is 8.15. The first kappa shape index (κ1) is 32.2. The van der Waals surface area contributed by atoms with Crippen LogP contribution in [-0.4, -0.2) is 72.3 Å². The van der Waals surface area contributed by atoms with Gasteiger partial charge < -0.3 is 25.6 Å². The molecule has 3 N–H and O–H groups in total. The van der Waals surface area contributed by atoms with Crippen LogP contribution in [0, 0.1) is 29.1 Å². The van der Waals surface area contributed by atoms with Crippen molar-refractivity contribution in [1.29, 1.82) is 0 Å². The zero-order valence-electron chi connectivity index (χ0n) is 26.0. The second kappa shape index (κ2) is 13.3. The van der Waals surface area contributed by atoms with Crippen LogP contribution >= 0.6 is 0 Å². The highest BCUT2D eigenvalue weighted by atomic mass is 16.5. The number of rotatable bonds is 13. The lowest BCUT2D eigenvalue weighted by atomic mass is 9.93. The number of hydrogen-bond acceptors (Lipinski definition) is 6. The smallest absolute Gasteiger partial charge is 0.407 e. The Labute approximate surface area is 254 Å². The topological polar surface area (TPSA) is 134 Å². The molecule has 0 radical (unpaired) electrons. The molecule has 1 saturated heterocycles.